The molecule has 154 valence electrons. The summed E-state index contributed by atoms with van der Waals surface area (Å²) in [4.78, 5) is 15.0. The fourth-order valence-electron chi connectivity index (χ4n) is 3.12. The van der Waals surface area contributed by atoms with Crippen LogP contribution in [0.3, 0.4) is 0 Å². The van der Waals surface area contributed by atoms with Crippen molar-refractivity contribution in [3.8, 4) is 17.2 Å². The lowest BCUT2D eigenvalue weighted by Crippen LogP contribution is -2.41. The van der Waals surface area contributed by atoms with E-state index in [9.17, 15) is 13.2 Å². The molecule has 1 aliphatic rings. The van der Waals surface area contributed by atoms with E-state index in [0.29, 0.717) is 22.9 Å². The first-order chi connectivity index (χ1) is 13.8. The molecule has 0 saturated heterocycles. The second-order valence-electron chi connectivity index (χ2n) is 6.29. The van der Waals surface area contributed by atoms with Crippen molar-refractivity contribution < 1.29 is 27.4 Å². The van der Waals surface area contributed by atoms with E-state index in [1.54, 1.807) is 36.4 Å². The van der Waals surface area contributed by atoms with Crippen LogP contribution in [-0.4, -0.2) is 47.4 Å². The number of carbonyl (C=O) groups is 1. The molecule has 0 fully saturated rings. The van der Waals surface area contributed by atoms with Crippen LogP contribution in [0.2, 0.25) is 0 Å². The molecule has 9 heteroatoms. The molecule has 0 unspecified atom stereocenters. The molecule has 0 bridgehead atoms. The molecule has 1 heterocycles. The van der Waals surface area contributed by atoms with Crippen molar-refractivity contribution in [1.82, 2.24) is 0 Å². The Bertz CT molecular complexity index is 1020. The van der Waals surface area contributed by atoms with Gasteiger partial charge in [0.05, 0.1) is 33.1 Å². The van der Waals surface area contributed by atoms with Crippen molar-refractivity contribution in [2.45, 2.75) is 6.04 Å². The third kappa shape index (κ3) is 4.40. The van der Waals surface area contributed by atoms with Gasteiger partial charge in [-0.15, -0.1) is 0 Å². The van der Waals surface area contributed by atoms with Gasteiger partial charge in [-0.2, -0.15) is 0 Å². The van der Waals surface area contributed by atoms with Crippen LogP contribution in [0.25, 0.3) is 0 Å². The number of ether oxygens (including phenoxy) is 3. The number of benzene rings is 2. The van der Waals surface area contributed by atoms with E-state index < -0.39 is 21.8 Å². The SMILES string of the molecule is COc1cc(C(=O)N(c2ccc(Br)cc2)[C@@H]2C=CS(=O)(=O)C2)cc(OC)c1OC. The van der Waals surface area contributed by atoms with Crippen LogP contribution in [0.5, 0.6) is 17.2 Å². The highest BCUT2D eigenvalue weighted by atomic mass is 79.9. The molecule has 0 aliphatic carbocycles. The summed E-state index contributed by atoms with van der Waals surface area (Å²) in [6.45, 7) is 0. The summed E-state index contributed by atoms with van der Waals surface area (Å²) >= 11 is 3.37. The average molecular weight is 482 g/mol. The quantitative estimate of drug-likeness (QED) is 0.628. The Morgan fingerprint density at radius 2 is 1.62 bits per heavy atom. The molecule has 0 radical (unpaired) electrons. The molecule has 1 amide bonds. The number of nitrogens with zero attached hydrogens (tertiary/aromatic N) is 1. The van der Waals surface area contributed by atoms with Crippen LogP contribution in [0, 0.1) is 0 Å². The average Bonchev–Trinajstić information content (AvgIpc) is 3.07. The van der Waals surface area contributed by atoms with Crippen LogP contribution in [0.1, 0.15) is 10.4 Å². The van der Waals surface area contributed by atoms with Gasteiger partial charge in [0.15, 0.2) is 21.3 Å². The largest absolute Gasteiger partial charge is 0.493 e. The van der Waals surface area contributed by atoms with Crippen LogP contribution >= 0.6 is 15.9 Å². The lowest BCUT2D eigenvalue weighted by molar-refractivity contribution is 0.0982. The van der Waals surface area contributed by atoms with Gasteiger partial charge in [0, 0.05) is 21.1 Å². The molecule has 1 atom stereocenters. The zero-order chi connectivity index (χ0) is 21.2. The highest BCUT2D eigenvalue weighted by molar-refractivity contribution is 9.10. The molecular formula is C20H20BrNO6S. The van der Waals surface area contributed by atoms with E-state index in [2.05, 4.69) is 15.9 Å². The van der Waals surface area contributed by atoms with Crippen LogP contribution in [0.15, 0.2) is 52.4 Å². The van der Waals surface area contributed by atoms with Crippen molar-refractivity contribution in [1.29, 1.82) is 0 Å². The Balaban J connectivity index is 2.10. The van der Waals surface area contributed by atoms with Gasteiger partial charge in [-0.05, 0) is 42.5 Å². The third-order valence-electron chi connectivity index (χ3n) is 4.48. The van der Waals surface area contributed by atoms with Gasteiger partial charge in [-0.3, -0.25) is 4.79 Å². The Hall–Kier alpha value is -2.52. The number of amides is 1. The number of methoxy groups -OCH3 is 3. The highest BCUT2D eigenvalue weighted by Gasteiger charge is 2.33. The standard InChI is InChI=1S/C20H20BrNO6S/c1-26-17-10-13(11-18(27-2)19(17)28-3)20(23)22(15-6-4-14(21)5-7-15)16-8-9-29(24,25)12-16/h4-11,16H,12H2,1-3H3/t16-/m1/s1. The lowest BCUT2D eigenvalue weighted by atomic mass is 10.1. The first-order valence-electron chi connectivity index (χ1n) is 8.59. The molecule has 29 heavy (non-hydrogen) atoms. The van der Waals surface area contributed by atoms with Crippen molar-refractivity contribution in [3.05, 3.63) is 57.9 Å². The molecule has 0 N–H and O–H groups in total. The molecule has 0 aromatic heterocycles. The van der Waals surface area contributed by atoms with E-state index in [-0.39, 0.29) is 11.3 Å². The van der Waals surface area contributed by atoms with Crippen molar-refractivity contribution in [3.63, 3.8) is 0 Å². The molecule has 7 nitrogen and oxygen atoms in total. The Kier molecular flexibility index (Phi) is 6.18. The maximum Gasteiger partial charge on any atom is 0.259 e. The third-order valence-corrected chi connectivity index (χ3v) is 6.38. The van der Waals surface area contributed by atoms with E-state index >= 15 is 0 Å². The van der Waals surface area contributed by atoms with Gasteiger partial charge >= 0.3 is 0 Å². The second-order valence-corrected chi connectivity index (χ2v) is 9.14. The zero-order valence-electron chi connectivity index (χ0n) is 16.1. The van der Waals surface area contributed by atoms with Crippen LogP contribution in [-0.2, 0) is 9.84 Å². The summed E-state index contributed by atoms with van der Waals surface area (Å²) in [5.41, 5.74) is 0.846. The number of hydrogen-bond donors (Lipinski definition) is 0. The molecular weight excluding hydrogens is 462 g/mol. The second kappa shape index (κ2) is 8.46. The number of rotatable bonds is 6. The van der Waals surface area contributed by atoms with Crippen molar-refractivity contribution >= 4 is 37.4 Å². The van der Waals surface area contributed by atoms with Gasteiger partial charge in [-0.25, -0.2) is 8.42 Å². The highest BCUT2D eigenvalue weighted by Crippen LogP contribution is 2.39. The predicted molar refractivity (Wildman–Crippen MR) is 114 cm³/mol. The predicted octanol–water partition coefficient (Wildman–Crippen LogP) is 3.43. The lowest BCUT2D eigenvalue weighted by Gasteiger charge is -2.28. The number of hydrogen-bond acceptors (Lipinski definition) is 6. The molecule has 0 saturated carbocycles. The van der Waals surface area contributed by atoms with E-state index in [0.717, 1.165) is 9.88 Å². The summed E-state index contributed by atoms with van der Waals surface area (Å²) < 4.78 is 40.8. The zero-order valence-corrected chi connectivity index (χ0v) is 18.5. The normalized spacial score (nSPS) is 17.0. The fraction of sp³-hybridized carbons (Fsp3) is 0.250. The van der Waals surface area contributed by atoms with Gasteiger partial charge in [-0.1, -0.05) is 15.9 Å². The molecule has 1 aliphatic heterocycles. The minimum Gasteiger partial charge on any atom is -0.493 e. The number of anilines is 1. The van der Waals surface area contributed by atoms with E-state index in [1.165, 1.54) is 32.3 Å². The summed E-state index contributed by atoms with van der Waals surface area (Å²) in [5.74, 6) is 0.462. The number of sulfone groups is 1. The molecule has 3 rings (SSSR count). The van der Waals surface area contributed by atoms with Gasteiger partial charge in [0.1, 0.15) is 0 Å². The van der Waals surface area contributed by atoms with E-state index in [1.807, 2.05) is 0 Å². The van der Waals surface area contributed by atoms with E-state index in [4.69, 9.17) is 14.2 Å². The Labute approximate surface area is 177 Å². The summed E-state index contributed by atoms with van der Waals surface area (Å²) in [5, 5.41) is 1.14. The van der Waals surface area contributed by atoms with Gasteiger partial charge in [0.25, 0.3) is 5.91 Å². The first kappa shape index (κ1) is 21.2. The van der Waals surface area contributed by atoms with Crippen molar-refractivity contribution in [2.75, 3.05) is 32.0 Å². The summed E-state index contributed by atoms with van der Waals surface area (Å²) in [6.07, 6.45) is 1.52. The topological polar surface area (TPSA) is 82.1 Å². The molecule has 2 aromatic carbocycles. The Morgan fingerprint density at radius 1 is 1.03 bits per heavy atom. The molecule has 2 aromatic rings. The minimum absolute atomic E-state index is 0.181. The summed E-state index contributed by atoms with van der Waals surface area (Å²) in [6, 6.07) is 9.53. The first-order valence-corrected chi connectivity index (χ1v) is 11.1. The van der Waals surface area contributed by atoms with Crippen LogP contribution in [0.4, 0.5) is 5.69 Å². The van der Waals surface area contributed by atoms with Gasteiger partial charge < -0.3 is 19.1 Å². The number of halogens is 1. The monoisotopic (exact) mass is 481 g/mol. The maximum absolute atomic E-state index is 13.5. The maximum atomic E-state index is 13.5. The fourth-order valence-corrected chi connectivity index (χ4v) is 4.66. The van der Waals surface area contributed by atoms with Crippen molar-refractivity contribution in [2.24, 2.45) is 0 Å². The van der Waals surface area contributed by atoms with Gasteiger partial charge in [0.2, 0.25) is 5.75 Å². The Morgan fingerprint density at radius 3 is 2.07 bits per heavy atom. The smallest absolute Gasteiger partial charge is 0.259 e. The number of carbonyl (C=O) groups excluding carboxylic acids is 1. The molecule has 0 spiro atoms. The van der Waals surface area contributed by atoms with Crippen LogP contribution < -0.4 is 19.1 Å². The minimum atomic E-state index is -3.36. The summed E-state index contributed by atoms with van der Waals surface area (Å²) in [7, 11) is 1.04.